The van der Waals surface area contributed by atoms with Crippen LogP contribution in [-0.2, 0) is 9.53 Å². The minimum atomic E-state index is -0.651. The molecule has 1 atom stereocenters. The van der Waals surface area contributed by atoms with E-state index in [2.05, 4.69) is 0 Å². The highest BCUT2D eigenvalue weighted by atomic mass is 32.1. The molecule has 0 spiro atoms. The Morgan fingerprint density at radius 2 is 1.97 bits per heavy atom. The van der Waals surface area contributed by atoms with Crippen LogP contribution in [0.4, 0.5) is 0 Å². The summed E-state index contributed by atoms with van der Waals surface area (Å²) in [6, 6.07) is 10.1. The van der Waals surface area contributed by atoms with E-state index >= 15 is 0 Å². The zero-order valence-corrected chi connectivity index (χ0v) is 17.6. The van der Waals surface area contributed by atoms with Crippen LogP contribution in [-0.4, -0.2) is 48.1 Å². The molecule has 0 bridgehead atoms. The summed E-state index contributed by atoms with van der Waals surface area (Å²) in [6.07, 6.45) is 0.639. The molecule has 6 nitrogen and oxygen atoms in total. The molecule has 154 valence electrons. The van der Waals surface area contributed by atoms with Crippen molar-refractivity contribution in [1.29, 1.82) is 0 Å². The van der Waals surface area contributed by atoms with Crippen molar-refractivity contribution in [3.8, 4) is 5.75 Å². The van der Waals surface area contributed by atoms with Gasteiger partial charge >= 0.3 is 0 Å². The third-order valence-corrected chi connectivity index (χ3v) is 5.48. The summed E-state index contributed by atoms with van der Waals surface area (Å²) >= 11 is 1.29. The summed E-state index contributed by atoms with van der Waals surface area (Å²) in [5.41, 5.74) is 0.864. The van der Waals surface area contributed by atoms with Gasteiger partial charge in [-0.3, -0.25) is 9.59 Å². The van der Waals surface area contributed by atoms with Crippen LogP contribution in [0.1, 0.15) is 41.5 Å². The van der Waals surface area contributed by atoms with E-state index in [0.717, 1.165) is 5.56 Å². The number of thiophene rings is 1. The van der Waals surface area contributed by atoms with Gasteiger partial charge < -0.3 is 19.5 Å². The van der Waals surface area contributed by atoms with Crippen molar-refractivity contribution < 1.29 is 24.2 Å². The summed E-state index contributed by atoms with van der Waals surface area (Å²) in [7, 11) is 1.60. The molecule has 0 aliphatic carbocycles. The number of nitrogens with zero attached hydrogens (tertiary/aromatic N) is 1. The van der Waals surface area contributed by atoms with Gasteiger partial charge in [0.05, 0.1) is 22.6 Å². The fourth-order valence-corrected chi connectivity index (χ4v) is 4.06. The fourth-order valence-electron chi connectivity index (χ4n) is 3.38. The van der Waals surface area contributed by atoms with Gasteiger partial charge in [-0.2, -0.15) is 0 Å². The van der Waals surface area contributed by atoms with Gasteiger partial charge in [-0.25, -0.2) is 0 Å². The third-order valence-electron chi connectivity index (χ3n) is 4.61. The maximum atomic E-state index is 13.1. The number of carbonyl (C=O) groups excluding carboxylic acids is 2. The molecule has 1 amide bonds. The van der Waals surface area contributed by atoms with Gasteiger partial charge in [0, 0.05) is 20.3 Å². The lowest BCUT2D eigenvalue weighted by molar-refractivity contribution is -0.129. The van der Waals surface area contributed by atoms with Crippen LogP contribution in [0.2, 0.25) is 0 Å². The predicted molar refractivity (Wildman–Crippen MR) is 111 cm³/mol. The standard InChI is InChI=1S/C22H25NO5S/c1-14(2)28-16-9-7-15(8-10-16)19-18(20(24)17-6-4-13-29-17)21(25)22(26)23(19)11-5-12-27-3/h4,6-10,13-14,19,25H,5,11-12H2,1-3H3. The summed E-state index contributed by atoms with van der Waals surface area (Å²) in [5, 5.41) is 12.4. The number of benzene rings is 1. The molecule has 1 N–H and O–H groups in total. The Labute approximate surface area is 174 Å². The molecule has 0 saturated carbocycles. The highest BCUT2D eigenvalue weighted by Crippen LogP contribution is 2.40. The van der Waals surface area contributed by atoms with Gasteiger partial charge in [-0.15, -0.1) is 11.3 Å². The average Bonchev–Trinajstić information content (AvgIpc) is 3.31. The van der Waals surface area contributed by atoms with Gasteiger partial charge in [0.25, 0.3) is 5.91 Å². The molecule has 3 rings (SSSR count). The molecule has 1 aliphatic rings. The summed E-state index contributed by atoms with van der Waals surface area (Å²) in [6.45, 7) is 4.73. The third kappa shape index (κ3) is 4.52. The summed E-state index contributed by atoms with van der Waals surface area (Å²) in [5.74, 6) is -0.632. The maximum Gasteiger partial charge on any atom is 0.290 e. The lowest BCUT2D eigenvalue weighted by Gasteiger charge is -2.27. The minimum Gasteiger partial charge on any atom is -0.503 e. The minimum absolute atomic E-state index is 0.0411. The molecule has 1 aliphatic heterocycles. The van der Waals surface area contributed by atoms with Crippen molar-refractivity contribution in [2.45, 2.75) is 32.4 Å². The van der Waals surface area contributed by atoms with E-state index in [9.17, 15) is 14.7 Å². The van der Waals surface area contributed by atoms with Crippen LogP contribution in [0.3, 0.4) is 0 Å². The first-order chi connectivity index (χ1) is 13.9. The Hall–Kier alpha value is -2.64. The van der Waals surface area contributed by atoms with Crippen molar-refractivity contribution >= 4 is 23.0 Å². The normalized spacial score (nSPS) is 16.8. The molecule has 0 saturated heterocycles. The number of hydrogen-bond acceptors (Lipinski definition) is 6. The second-order valence-electron chi connectivity index (χ2n) is 7.05. The Balaban J connectivity index is 1.98. The van der Waals surface area contributed by atoms with Crippen LogP contribution in [0.5, 0.6) is 5.75 Å². The number of rotatable bonds is 9. The number of Topliss-reactive ketones (excluding diaryl/α,β-unsaturated/α-hetero) is 1. The van der Waals surface area contributed by atoms with Crippen molar-refractivity contribution in [2.24, 2.45) is 0 Å². The Morgan fingerprint density at radius 3 is 2.55 bits per heavy atom. The lowest BCUT2D eigenvalue weighted by Crippen LogP contribution is -2.32. The number of ketones is 1. The van der Waals surface area contributed by atoms with Crippen LogP contribution in [0.25, 0.3) is 0 Å². The van der Waals surface area contributed by atoms with Crippen molar-refractivity contribution in [2.75, 3.05) is 20.3 Å². The molecule has 2 aromatic rings. The molecule has 29 heavy (non-hydrogen) atoms. The van der Waals surface area contributed by atoms with E-state index in [1.165, 1.54) is 16.2 Å². The molecule has 1 unspecified atom stereocenters. The van der Waals surface area contributed by atoms with Crippen molar-refractivity contribution in [3.05, 3.63) is 63.6 Å². The number of hydrogen-bond donors (Lipinski definition) is 1. The number of carbonyl (C=O) groups is 2. The van der Waals surface area contributed by atoms with Gasteiger partial charge in [-0.05, 0) is 49.4 Å². The number of aliphatic hydroxyl groups excluding tert-OH is 1. The van der Waals surface area contributed by atoms with Crippen LogP contribution < -0.4 is 4.74 Å². The number of ether oxygens (including phenoxy) is 2. The summed E-state index contributed by atoms with van der Waals surface area (Å²) < 4.78 is 10.8. The monoisotopic (exact) mass is 415 g/mol. The van der Waals surface area contributed by atoms with E-state index in [4.69, 9.17) is 9.47 Å². The molecule has 1 aromatic carbocycles. The molecular formula is C22H25NO5S. The van der Waals surface area contributed by atoms with Crippen LogP contribution >= 0.6 is 11.3 Å². The van der Waals surface area contributed by atoms with Gasteiger partial charge in [-0.1, -0.05) is 18.2 Å². The Bertz CT molecular complexity index is 886. The first-order valence-electron chi connectivity index (χ1n) is 9.52. The number of methoxy groups -OCH3 is 1. The van der Waals surface area contributed by atoms with Crippen molar-refractivity contribution in [1.82, 2.24) is 4.90 Å². The molecular weight excluding hydrogens is 390 g/mol. The van der Waals surface area contributed by atoms with E-state index in [1.807, 2.05) is 38.1 Å². The Morgan fingerprint density at radius 1 is 1.24 bits per heavy atom. The number of aliphatic hydroxyl groups is 1. The first kappa shape index (κ1) is 21.1. The molecule has 7 heteroatoms. The summed E-state index contributed by atoms with van der Waals surface area (Å²) in [4.78, 5) is 27.9. The quantitative estimate of drug-likeness (QED) is 0.492. The van der Waals surface area contributed by atoms with E-state index in [1.54, 1.807) is 24.6 Å². The van der Waals surface area contributed by atoms with Crippen LogP contribution in [0, 0.1) is 0 Å². The van der Waals surface area contributed by atoms with Crippen molar-refractivity contribution in [3.63, 3.8) is 0 Å². The lowest BCUT2D eigenvalue weighted by atomic mass is 9.95. The van der Waals surface area contributed by atoms with Crippen LogP contribution in [0.15, 0.2) is 53.1 Å². The highest BCUT2D eigenvalue weighted by molar-refractivity contribution is 7.12. The zero-order chi connectivity index (χ0) is 21.0. The predicted octanol–water partition coefficient (Wildman–Crippen LogP) is 4.15. The number of amides is 1. The van der Waals surface area contributed by atoms with Gasteiger partial charge in [0.2, 0.25) is 5.78 Å². The SMILES string of the molecule is COCCCN1C(=O)C(O)=C(C(=O)c2cccs2)C1c1ccc(OC(C)C)cc1. The van der Waals surface area contributed by atoms with E-state index in [-0.39, 0.29) is 17.5 Å². The highest BCUT2D eigenvalue weighted by Gasteiger charge is 2.43. The topological polar surface area (TPSA) is 76.1 Å². The van der Waals surface area contributed by atoms with Gasteiger partial charge in [0.15, 0.2) is 5.76 Å². The smallest absolute Gasteiger partial charge is 0.290 e. The van der Waals surface area contributed by atoms with E-state index in [0.29, 0.717) is 30.2 Å². The molecule has 0 fully saturated rings. The Kier molecular flexibility index (Phi) is 6.71. The average molecular weight is 416 g/mol. The molecule has 0 radical (unpaired) electrons. The fraction of sp³-hybridized carbons (Fsp3) is 0.364. The van der Waals surface area contributed by atoms with E-state index < -0.39 is 17.7 Å². The zero-order valence-electron chi connectivity index (χ0n) is 16.8. The first-order valence-corrected chi connectivity index (χ1v) is 10.4. The second-order valence-corrected chi connectivity index (χ2v) is 8.00. The molecule has 1 aromatic heterocycles. The second kappa shape index (κ2) is 9.24. The largest absolute Gasteiger partial charge is 0.503 e. The molecule has 2 heterocycles. The maximum absolute atomic E-state index is 13.1. The van der Waals surface area contributed by atoms with Gasteiger partial charge in [0.1, 0.15) is 5.75 Å².